The molecule has 20 heavy (non-hydrogen) atoms. The summed E-state index contributed by atoms with van der Waals surface area (Å²) < 4.78 is 2.26. The molecule has 0 spiro atoms. The highest BCUT2D eigenvalue weighted by Crippen LogP contribution is 2.15. The molecule has 0 bridgehead atoms. The Bertz CT molecular complexity index is 576. The first kappa shape index (κ1) is 16.7. The monoisotopic (exact) mass is 387 g/mol. The number of nitrogens with one attached hydrogen (secondary N) is 2. The molecule has 6 heteroatoms. The van der Waals surface area contributed by atoms with Crippen LogP contribution in [0.5, 0.6) is 0 Å². The Morgan fingerprint density at radius 2 is 2.10 bits per heavy atom. The normalized spacial score (nSPS) is 11.2. The van der Waals surface area contributed by atoms with E-state index in [-0.39, 0.29) is 24.0 Å². The van der Waals surface area contributed by atoms with Crippen LogP contribution >= 0.6 is 24.0 Å². The molecule has 2 rings (SSSR count). The Kier molecular flexibility index (Phi) is 6.77. The lowest BCUT2D eigenvalue weighted by Crippen LogP contribution is -2.35. The lowest BCUT2D eigenvalue weighted by Gasteiger charge is -2.10. The number of nitrogens with zero attached hydrogens (tertiary/aromatic N) is 3. The summed E-state index contributed by atoms with van der Waals surface area (Å²) in [7, 11) is 3.63. The number of guanidine groups is 1. The van der Waals surface area contributed by atoms with Crippen LogP contribution < -0.4 is 10.6 Å². The number of benzene rings is 1. The van der Waals surface area contributed by atoms with E-state index in [1.54, 1.807) is 7.05 Å². The number of aromatic nitrogens is 2. The van der Waals surface area contributed by atoms with Gasteiger partial charge in [-0.05, 0) is 25.5 Å². The van der Waals surface area contributed by atoms with Crippen LogP contribution in [0.25, 0.3) is 11.0 Å². The summed E-state index contributed by atoms with van der Waals surface area (Å²) in [6.45, 7) is 3.90. The molecule has 1 aromatic heterocycles. The molecule has 0 aliphatic carbocycles. The molecule has 0 radical (unpaired) electrons. The van der Waals surface area contributed by atoms with Gasteiger partial charge in [0.1, 0.15) is 5.82 Å². The summed E-state index contributed by atoms with van der Waals surface area (Å²) >= 11 is 0. The number of halogens is 1. The molecule has 2 N–H and O–H groups in total. The average Bonchev–Trinajstić information content (AvgIpc) is 2.75. The van der Waals surface area contributed by atoms with Crippen LogP contribution in [0.4, 0.5) is 0 Å². The third-order valence-corrected chi connectivity index (χ3v) is 3.16. The smallest absolute Gasteiger partial charge is 0.190 e. The van der Waals surface area contributed by atoms with Crippen LogP contribution in [-0.4, -0.2) is 36.2 Å². The van der Waals surface area contributed by atoms with E-state index < -0.39 is 0 Å². The fourth-order valence-electron chi connectivity index (χ4n) is 2.20. The Balaban J connectivity index is 0.00000200. The largest absolute Gasteiger partial charge is 0.359 e. The topological polar surface area (TPSA) is 54.2 Å². The van der Waals surface area contributed by atoms with Crippen molar-refractivity contribution < 1.29 is 0 Å². The van der Waals surface area contributed by atoms with Crippen molar-refractivity contribution in [3.8, 4) is 0 Å². The number of rotatable bonds is 4. The molecule has 1 aromatic carbocycles. The zero-order valence-electron chi connectivity index (χ0n) is 12.2. The highest BCUT2D eigenvalue weighted by Gasteiger charge is 2.05. The molecule has 2 aromatic rings. The maximum absolute atomic E-state index is 4.57. The van der Waals surface area contributed by atoms with Crippen molar-refractivity contribution in [2.75, 3.05) is 20.6 Å². The van der Waals surface area contributed by atoms with Crippen molar-refractivity contribution in [1.82, 2.24) is 20.2 Å². The van der Waals surface area contributed by atoms with Gasteiger partial charge in [0.25, 0.3) is 0 Å². The van der Waals surface area contributed by atoms with E-state index in [0.29, 0.717) is 0 Å². The zero-order valence-corrected chi connectivity index (χ0v) is 14.5. The molecule has 0 unspecified atom stereocenters. The number of hydrogen-bond donors (Lipinski definition) is 2. The lowest BCUT2D eigenvalue weighted by atomic mass is 10.3. The summed E-state index contributed by atoms with van der Waals surface area (Å²) in [6, 6.07) is 8.26. The third kappa shape index (κ3) is 3.84. The predicted octanol–water partition coefficient (Wildman–Crippen LogP) is 2.15. The maximum Gasteiger partial charge on any atom is 0.190 e. The minimum absolute atomic E-state index is 0. The van der Waals surface area contributed by atoms with Crippen LogP contribution in [0.1, 0.15) is 12.2 Å². The van der Waals surface area contributed by atoms with Crippen molar-refractivity contribution in [3.05, 3.63) is 30.1 Å². The van der Waals surface area contributed by atoms with Crippen molar-refractivity contribution in [3.63, 3.8) is 0 Å². The molecule has 0 fully saturated rings. The fourth-order valence-corrected chi connectivity index (χ4v) is 2.20. The third-order valence-electron chi connectivity index (χ3n) is 3.16. The summed E-state index contributed by atoms with van der Waals surface area (Å²) in [5.41, 5.74) is 2.27. The molecule has 0 aliphatic heterocycles. The van der Waals surface area contributed by atoms with Crippen LogP contribution in [0, 0.1) is 6.92 Å². The van der Waals surface area contributed by atoms with E-state index in [1.165, 1.54) is 5.52 Å². The molecule has 0 aliphatic rings. The molecule has 1 heterocycles. The lowest BCUT2D eigenvalue weighted by molar-refractivity contribution is 0.626. The van der Waals surface area contributed by atoms with Crippen LogP contribution in [0.2, 0.25) is 0 Å². The predicted molar refractivity (Wildman–Crippen MR) is 94.9 cm³/mol. The highest BCUT2D eigenvalue weighted by atomic mass is 127. The van der Waals surface area contributed by atoms with Gasteiger partial charge in [-0.25, -0.2) is 4.98 Å². The van der Waals surface area contributed by atoms with Crippen molar-refractivity contribution in [1.29, 1.82) is 0 Å². The molecular weight excluding hydrogens is 365 g/mol. The quantitative estimate of drug-likeness (QED) is 0.366. The van der Waals surface area contributed by atoms with Gasteiger partial charge in [-0.15, -0.1) is 24.0 Å². The highest BCUT2D eigenvalue weighted by molar-refractivity contribution is 14.0. The summed E-state index contributed by atoms with van der Waals surface area (Å²) in [5, 5.41) is 6.26. The van der Waals surface area contributed by atoms with Gasteiger partial charge in [-0.1, -0.05) is 12.1 Å². The minimum atomic E-state index is 0. The first-order chi connectivity index (χ1) is 9.26. The number of fused-ring (bicyclic) bond motifs is 1. The Morgan fingerprint density at radius 3 is 2.80 bits per heavy atom. The second kappa shape index (κ2) is 8.08. The first-order valence-electron chi connectivity index (χ1n) is 6.56. The molecule has 5 nitrogen and oxygen atoms in total. The summed E-state index contributed by atoms with van der Waals surface area (Å²) in [6.07, 6.45) is 1.03. The van der Waals surface area contributed by atoms with Gasteiger partial charge >= 0.3 is 0 Å². The molecule has 0 atom stereocenters. The second-order valence-electron chi connectivity index (χ2n) is 4.40. The molecule has 0 amide bonds. The van der Waals surface area contributed by atoms with Gasteiger partial charge < -0.3 is 15.2 Å². The van der Waals surface area contributed by atoms with E-state index in [1.807, 2.05) is 13.1 Å². The van der Waals surface area contributed by atoms with Crippen LogP contribution in [0.15, 0.2) is 29.3 Å². The van der Waals surface area contributed by atoms with E-state index in [0.717, 1.165) is 36.8 Å². The SMILES string of the molecule is CN=C(NC)NCCCn1c(C)nc2ccccc21.I. The number of imidazole rings is 1. The van der Waals surface area contributed by atoms with Crippen molar-refractivity contribution in [2.24, 2.45) is 4.99 Å². The average molecular weight is 387 g/mol. The molecular formula is C14H22IN5. The minimum Gasteiger partial charge on any atom is -0.359 e. The van der Waals surface area contributed by atoms with Crippen molar-refractivity contribution in [2.45, 2.75) is 19.9 Å². The number of hydrogen-bond acceptors (Lipinski definition) is 2. The number of aliphatic imine (C=N–C) groups is 1. The van der Waals surface area contributed by atoms with Crippen LogP contribution in [-0.2, 0) is 6.54 Å². The van der Waals surface area contributed by atoms with Gasteiger partial charge in [0.15, 0.2) is 5.96 Å². The molecule has 0 saturated heterocycles. The first-order valence-corrected chi connectivity index (χ1v) is 6.56. The van der Waals surface area contributed by atoms with Gasteiger partial charge in [0.05, 0.1) is 11.0 Å². The summed E-state index contributed by atoms with van der Waals surface area (Å²) in [5.74, 6) is 1.89. The van der Waals surface area contributed by atoms with E-state index in [4.69, 9.17) is 0 Å². The van der Waals surface area contributed by atoms with E-state index in [9.17, 15) is 0 Å². The number of para-hydroxylation sites is 2. The summed E-state index contributed by atoms with van der Waals surface area (Å²) in [4.78, 5) is 8.65. The van der Waals surface area contributed by atoms with Gasteiger partial charge in [0.2, 0.25) is 0 Å². The maximum atomic E-state index is 4.57. The van der Waals surface area contributed by atoms with Crippen LogP contribution in [0.3, 0.4) is 0 Å². The zero-order chi connectivity index (χ0) is 13.7. The Hall–Kier alpha value is -1.31. The van der Waals surface area contributed by atoms with Gasteiger partial charge in [-0.2, -0.15) is 0 Å². The number of aryl methyl sites for hydroxylation is 2. The Morgan fingerprint density at radius 1 is 1.35 bits per heavy atom. The van der Waals surface area contributed by atoms with Gasteiger partial charge in [0, 0.05) is 27.2 Å². The fraction of sp³-hybridized carbons (Fsp3) is 0.429. The molecule has 0 saturated carbocycles. The van der Waals surface area contributed by atoms with Crippen molar-refractivity contribution >= 4 is 41.0 Å². The van der Waals surface area contributed by atoms with E-state index in [2.05, 4.69) is 50.3 Å². The molecule has 110 valence electrons. The van der Waals surface area contributed by atoms with E-state index >= 15 is 0 Å². The Labute approximate surface area is 136 Å². The van der Waals surface area contributed by atoms with Gasteiger partial charge in [-0.3, -0.25) is 4.99 Å². The second-order valence-corrected chi connectivity index (χ2v) is 4.40. The standard InChI is InChI=1S/C14H21N5.HI/c1-11-18-12-7-4-5-8-13(12)19(11)10-6-9-17-14(15-2)16-3;/h4-5,7-8H,6,9-10H2,1-3H3,(H2,15,16,17);1H.